The maximum Gasteiger partial charge on any atom is 0.493 e. The first-order chi connectivity index (χ1) is 25.0. The van der Waals surface area contributed by atoms with Crippen LogP contribution < -0.4 is 20.9 Å². The summed E-state index contributed by atoms with van der Waals surface area (Å²) < 4.78 is 77.0. The molecule has 282 valence electrons. The van der Waals surface area contributed by atoms with Crippen molar-refractivity contribution in [1.29, 1.82) is 0 Å². The molecule has 0 radical (unpaired) electrons. The van der Waals surface area contributed by atoms with Crippen LogP contribution in [0.2, 0.25) is 5.02 Å². The minimum absolute atomic E-state index is 0.0138. The van der Waals surface area contributed by atoms with E-state index in [0.717, 1.165) is 30.7 Å². The number of carbonyl (C=O) groups excluding carboxylic acids is 3. The van der Waals surface area contributed by atoms with Gasteiger partial charge in [-0.3, -0.25) is 4.79 Å². The predicted octanol–water partition coefficient (Wildman–Crippen LogP) is 6.77. The number of nitrogen functional groups attached to an aromatic ring is 1. The summed E-state index contributed by atoms with van der Waals surface area (Å²) in [7, 11) is -1.82. The van der Waals surface area contributed by atoms with Crippen LogP contribution in [-0.4, -0.2) is 68.5 Å². The van der Waals surface area contributed by atoms with E-state index in [-0.39, 0.29) is 39.3 Å². The Morgan fingerprint density at radius 2 is 1.79 bits per heavy atom. The number of pyridine rings is 1. The number of carbonyl (C=O) groups is 3. The molecule has 1 saturated heterocycles. The van der Waals surface area contributed by atoms with Crippen LogP contribution in [0.3, 0.4) is 0 Å². The van der Waals surface area contributed by atoms with Crippen LogP contribution in [0.5, 0.6) is 5.75 Å². The summed E-state index contributed by atoms with van der Waals surface area (Å²) in [4.78, 5) is 48.9. The van der Waals surface area contributed by atoms with E-state index < -0.39 is 57.0 Å². The molecule has 4 aromatic rings. The molecule has 53 heavy (non-hydrogen) atoms. The molecule has 18 heteroatoms. The Morgan fingerprint density at radius 3 is 2.45 bits per heavy atom. The number of hydrogen-bond acceptors (Lipinski definition) is 11. The molecule has 0 spiro atoms. The fourth-order valence-electron chi connectivity index (χ4n) is 5.97. The molecule has 3 aromatic carbocycles. The SMILES string of the molecule is COC(=O)N(OC(=O)C(F)(F)F)c1ccc(S(=O)(=O)C(C)C)c([C@H]2CCCN2C(=O)[C@@H](Nc2ccc3c(N)nccc3c2)c2ccc(Cl)c(OC)c2)c1. The summed E-state index contributed by atoms with van der Waals surface area (Å²) in [5.74, 6) is -2.62. The number of methoxy groups -OCH3 is 2. The Labute approximate surface area is 307 Å². The van der Waals surface area contributed by atoms with E-state index in [1.54, 1.807) is 48.7 Å². The Kier molecular flexibility index (Phi) is 11.3. The number of fused-ring (bicyclic) bond motifs is 1. The zero-order valence-corrected chi connectivity index (χ0v) is 30.4. The summed E-state index contributed by atoms with van der Waals surface area (Å²) in [6.07, 6.45) is -4.79. The third-order valence-corrected chi connectivity index (χ3v) is 11.2. The number of hydroxylamine groups is 1. The van der Waals surface area contributed by atoms with Gasteiger partial charge < -0.3 is 30.3 Å². The number of benzene rings is 3. The quantitative estimate of drug-likeness (QED) is 0.172. The van der Waals surface area contributed by atoms with Crippen molar-refractivity contribution in [2.24, 2.45) is 0 Å². The highest BCUT2D eigenvalue weighted by atomic mass is 35.5. The van der Waals surface area contributed by atoms with Gasteiger partial charge >= 0.3 is 18.2 Å². The molecule has 2 atom stereocenters. The minimum Gasteiger partial charge on any atom is -0.495 e. The van der Waals surface area contributed by atoms with Crippen molar-refractivity contribution in [2.45, 2.75) is 55.1 Å². The van der Waals surface area contributed by atoms with Crippen molar-refractivity contribution in [1.82, 2.24) is 9.88 Å². The Balaban J connectivity index is 1.63. The van der Waals surface area contributed by atoms with Crippen LogP contribution >= 0.6 is 11.6 Å². The van der Waals surface area contributed by atoms with Crippen molar-refractivity contribution in [3.63, 3.8) is 0 Å². The molecule has 1 aromatic heterocycles. The van der Waals surface area contributed by atoms with Gasteiger partial charge in [0.25, 0.3) is 0 Å². The molecule has 3 N–H and O–H groups in total. The van der Waals surface area contributed by atoms with Gasteiger partial charge in [-0.05, 0) is 97.8 Å². The molecule has 5 rings (SSSR count). The minimum atomic E-state index is -5.48. The fraction of sp³-hybridized carbons (Fsp3) is 0.314. The van der Waals surface area contributed by atoms with Crippen molar-refractivity contribution in [3.05, 3.63) is 83.0 Å². The van der Waals surface area contributed by atoms with E-state index in [2.05, 4.69) is 19.9 Å². The molecule has 0 saturated carbocycles. The van der Waals surface area contributed by atoms with Gasteiger partial charge in [-0.25, -0.2) is 23.0 Å². The first-order valence-corrected chi connectivity index (χ1v) is 18.0. The monoisotopic (exact) mass is 777 g/mol. The number of nitrogens with zero attached hydrogens (tertiary/aromatic N) is 3. The lowest BCUT2D eigenvalue weighted by Crippen LogP contribution is -2.39. The van der Waals surface area contributed by atoms with Crippen LogP contribution in [0.25, 0.3) is 10.8 Å². The third kappa shape index (κ3) is 8.05. The van der Waals surface area contributed by atoms with E-state index in [1.165, 1.54) is 25.9 Å². The number of halogens is 4. The molecule has 1 aliphatic rings. The smallest absolute Gasteiger partial charge is 0.493 e. The highest BCUT2D eigenvalue weighted by Crippen LogP contribution is 2.41. The first kappa shape index (κ1) is 38.9. The molecule has 0 aliphatic carbocycles. The second-order valence-electron chi connectivity index (χ2n) is 12.2. The molecule has 2 amide bonds. The second-order valence-corrected chi connectivity index (χ2v) is 15.1. The van der Waals surface area contributed by atoms with Crippen LogP contribution in [0.1, 0.15) is 49.9 Å². The molecule has 0 bridgehead atoms. The van der Waals surface area contributed by atoms with Gasteiger partial charge in [0.2, 0.25) is 5.91 Å². The number of aromatic nitrogens is 1. The standard InChI is InChI=1S/C35H35ClF3N5O8S/c1-19(2)53(48,49)29-12-9-23(44(34(47)51-4)52-33(46)35(37,38)39)18-25(29)27-6-5-15-43(27)32(45)30(21-7-11-26(36)28(17-21)50-3)42-22-8-10-24-20(16-22)13-14-41-31(24)40/h7-14,16-19,27,30,42H,5-6,15H2,1-4H3,(H2,40,41)/t27-,30+/m1/s1. The molecule has 2 heterocycles. The number of anilines is 3. The topological polar surface area (TPSA) is 170 Å². The van der Waals surface area contributed by atoms with E-state index >= 15 is 0 Å². The zero-order chi connectivity index (χ0) is 38.8. The normalized spacial score (nSPS) is 15.3. The van der Waals surface area contributed by atoms with E-state index in [9.17, 15) is 36.0 Å². The van der Waals surface area contributed by atoms with Crippen LogP contribution in [-0.2, 0) is 29.0 Å². The van der Waals surface area contributed by atoms with Crippen molar-refractivity contribution >= 4 is 67.4 Å². The largest absolute Gasteiger partial charge is 0.495 e. The van der Waals surface area contributed by atoms with Crippen molar-refractivity contribution < 1.29 is 50.3 Å². The number of hydrogen-bond donors (Lipinski definition) is 2. The molecule has 1 aliphatic heterocycles. The van der Waals surface area contributed by atoms with E-state index in [0.29, 0.717) is 28.9 Å². The molecule has 0 unspecified atom stereocenters. The average molecular weight is 778 g/mol. The molecule has 13 nitrogen and oxygen atoms in total. The number of rotatable bonds is 9. The van der Waals surface area contributed by atoms with Gasteiger partial charge in [-0.2, -0.15) is 13.2 Å². The number of amides is 2. The fourth-order valence-corrected chi connectivity index (χ4v) is 7.45. The Bertz CT molecular complexity index is 2170. The number of alkyl halides is 3. The molecule has 1 fully saturated rings. The third-order valence-electron chi connectivity index (χ3n) is 8.66. The Morgan fingerprint density at radius 1 is 1.06 bits per heavy atom. The van der Waals surface area contributed by atoms with Gasteiger partial charge in [0.15, 0.2) is 9.84 Å². The lowest BCUT2D eigenvalue weighted by Gasteiger charge is -2.32. The van der Waals surface area contributed by atoms with E-state index in [1.807, 2.05) is 0 Å². The first-order valence-electron chi connectivity index (χ1n) is 16.1. The van der Waals surface area contributed by atoms with Crippen LogP contribution in [0.4, 0.5) is 35.2 Å². The van der Waals surface area contributed by atoms with Crippen LogP contribution in [0, 0.1) is 0 Å². The second kappa shape index (κ2) is 15.4. The van der Waals surface area contributed by atoms with Gasteiger partial charge in [-0.15, -0.1) is 5.06 Å². The number of likely N-dealkylation sites (tertiary alicyclic amines) is 1. The maximum absolute atomic E-state index is 14.8. The predicted molar refractivity (Wildman–Crippen MR) is 190 cm³/mol. The van der Waals surface area contributed by atoms with Gasteiger partial charge in [0.1, 0.15) is 17.6 Å². The number of nitrogens with two attached hydrogens (primary N) is 1. The zero-order valence-electron chi connectivity index (χ0n) is 28.8. The average Bonchev–Trinajstić information content (AvgIpc) is 3.62. The highest BCUT2D eigenvalue weighted by Gasteiger charge is 2.45. The van der Waals surface area contributed by atoms with Crippen molar-refractivity contribution in [3.8, 4) is 5.75 Å². The summed E-state index contributed by atoms with van der Waals surface area (Å²) in [5.41, 5.74) is 6.54. The summed E-state index contributed by atoms with van der Waals surface area (Å²) in [6, 6.07) is 12.9. The number of nitrogens with one attached hydrogen (secondary N) is 1. The maximum atomic E-state index is 14.8. The lowest BCUT2D eigenvalue weighted by molar-refractivity contribution is -0.200. The van der Waals surface area contributed by atoms with Gasteiger partial charge in [0.05, 0.1) is 41.1 Å². The summed E-state index contributed by atoms with van der Waals surface area (Å²) in [6.45, 7) is 3.04. The highest BCUT2D eigenvalue weighted by molar-refractivity contribution is 7.92. The molecular formula is C35H35ClF3N5O8S. The number of ether oxygens (including phenoxy) is 2. The van der Waals surface area contributed by atoms with Gasteiger partial charge in [-0.1, -0.05) is 17.7 Å². The Hall–Kier alpha value is -5.29. The summed E-state index contributed by atoms with van der Waals surface area (Å²) in [5, 5.41) is 4.01. The molecular weight excluding hydrogens is 743 g/mol. The van der Waals surface area contributed by atoms with E-state index in [4.69, 9.17) is 22.1 Å². The van der Waals surface area contributed by atoms with Crippen molar-refractivity contribution in [2.75, 3.05) is 36.9 Å². The summed E-state index contributed by atoms with van der Waals surface area (Å²) >= 11 is 6.32. The number of sulfone groups is 1. The van der Waals surface area contributed by atoms with Crippen LogP contribution in [0.15, 0.2) is 71.8 Å². The van der Waals surface area contributed by atoms with Gasteiger partial charge in [0, 0.05) is 23.8 Å². The lowest BCUT2D eigenvalue weighted by atomic mass is 10.0.